The molecular formula is C23H18Cl2O2. The minimum Gasteiger partial charge on any atom is -0.496 e. The summed E-state index contributed by atoms with van der Waals surface area (Å²) in [7, 11) is 1.66. The fourth-order valence-corrected chi connectivity index (χ4v) is 5.52. The second-order valence-electron chi connectivity index (χ2n) is 7.06. The van der Waals surface area contributed by atoms with Crippen LogP contribution in [0.5, 0.6) is 11.5 Å². The second-order valence-corrected chi connectivity index (χ2v) is 8.45. The van der Waals surface area contributed by atoms with Crippen molar-refractivity contribution in [1.82, 2.24) is 0 Å². The molecule has 5 rings (SSSR count). The summed E-state index contributed by atoms with van der Waals surface area (Å²) < 4.78 is 11.1. The van der Waals surface area contributed by atoms with Gasteiger partial charge in [0.15, 0.2) is 9.93 Å². The molecule has 0 spiro atoms. The van der Waals surface area contributed by atoms with Gasteiger partial charge in [-0.3, -0.25) is 0 Å². The number of rotatable bonds is 3. The van der Waals surface area contributed by atoms with Crippen LogP contribution in [0.4, 0.5) is 0 Å². The highest BCUT2D eigenvalue weighted by atomic mass is 35.5. The largest absolute Gasteiger partial charge is 0.496 e. The summed E-state index contributed by atoms with van der Waals surface area (Å²) in [5.74, 6) is 1.46. The highest BCUT2D eigenvalue weighted by molar-refractivity contribution is 6.52. The van der Waals surface area contributed by atoms with Crippen molar-refractivity contribution in [1.29, 1.82) is 0 Å². The molecule has 1 heterocycles. The number of benzene rings is 3. The summed E-state index contributed by atoms with van der Waals surface area (Å²) in [5.41, 5.74) is 2.33. The summed E-state index contributed by atoms with van der Waals surface area (Å²) in [6.45, 7) is 0. The average Bonchev–Trinajstić information content (AvgIpc) is 3.22. The Kier molecular flexibility index (Phi) is 3.72. The van der Waals surface area contributed by atoms with Crippen molar-refractivity contribution in [3.8, 4) is 11.5 Å². The van der Waals surface area contributed by atoms with Crippen LogP contribution in [0, 0.1) is 5.92 Å². The van der Waals surface area contributed by atoms with E-state index in [0.29, 0.717) is 0 Å². The Labute approximate surface area is 168 Å². The number of ether oxygens (including phenoxy) is 2. The summed E-state index contributed by atoms with van der Waals surface area (Å²) in [6.07, 6.45) is 0. The number of hydrogen-bond acceptors (Lipinski definition) is 2. The molecular weight excluding hydrogens is 379 g/mol. The Morgan fingerprint density at radius 2 is 1.52 bits per heavy atom. The predicted molar refractivity (Wildman–Crippen MR) is 108 cm³/mol. The van der Waals surface area contributed by atoms with Crippen molar-refractivity contribution in [2.75, 3.05) is 7.11 Å². The molecule has 2 nitrogen and oxygen atoms in total. The zero-order valence-corrected chi connectivity index (χ0v) is 16.2. The van der Waals surface area contributed by atoms with Crippen molar-refractivity contribution in [2.45, 2.75) is 15.9 Å². The molecule has 1 saturated carbocycles. The van der Waals surface area contributed by atoms with E-state index < -0.39 is 9.93 Å². The zero-order valence-electron chi connectivity index (χ0n) is 14.7. The van der Waals surface area contributed by atoms with Crippen LogP contribution in [0.25, 0.3) is 0 Å². The first kappa shape index (κ1) is 17.0. The minimum atomic E-state index is -1.07. The molecule has 1 aliphatic heterocycles. The fourth-order valence-electron chi connectivity index (χ4n) is 4.55. The van der Waals surface area contributed by atoms with Gasteiger partial charge < -0.3 is 9.47 Å². The van der Waals surface area contributed by atoms with Crippen molar-refractivity contribution in [3.63, 3.8) is 0 Å². The maximum Gasteiger partial charge on any atom is 0.177 e. The summed E-state index contributed by atoms with van der Waals surface area (Å²) >= 11 is 13.9. The topological polar surface area (TPSA) is 18.5 Å². The van der Waals surface area contributed by atoms with Gasteiger partial charge in [-0.05, 0) is 17.7 Å². The van der Waals surface area contributed by atoms with E-state index in [1.165, 1.54) is 5.56 Å². The van der Waals surface area contributed by atoms with E-state index in [9.17, 15) is 0 Å². The SMILES string of the molecule is COc1ccccc1[C@]12Oc3ccccc3[C@@H](c3ccccc3)[C@H]1C2(Cl)Cl. The Morgan fingerprint density at radius 3 is 2.30 bits per heavy atom. The third-order valence-electron chi connectivity index (χ3n) is 5.76. The monoisotopic (exact) mass is 396 g/mol. The van der Waals surface area contributed by atoms with Gasteiger partial charge in [0.1, 0.15) is 11.5 Å². The van der Waals surface area contributed by atoms with Gasteiger partial charge >= 0.3 is 0 Å². The summed E-state index contributed by atoms with van der Waals surface area (Å²) in [6, 6.07) is 26.3. The van der Waals surface area contributed by atoms with Gasteiger partial charge in [-0.25, -0.2) is 0 Å². The summed E-state index contributed by atoms with van der Waals surface area (Å²) in [4.78, 5) is 0. The van der Waals surface area contributed by atoms with Crippen molar-refractivity contribution in [3.05, 3.63) is 95.6 Å². The van der Waals surface area contributed by atoms with Gasteiger partial charge in [-0.15, -0.1) is 0 Å². The van der Waals surface area contributed by atoms with Crippen LogP contribution in [0.1, 0.15) is 22.6 Å². The third kappa shape index (κ3) is 2.20. The first-order valence-corrected chi connectivity index (χ1v) is 9.71. The van der Waals surface area contributed by atoms with Gasteiger partial charge in [-0.2, -0.15) is 0 Å². The highest BCUT2D eigenvalue weighted by Gasteiger charge is 2.84. The van der Waals surface area contributed by atoms with Crippen LogP contribution in [-0.2, 0) is 5.60 Å². The van der Waals surface area contributed by atoms with Gasteiger partial charge in [0.05, 0.1) is 13.0 Å². The molecule has 0 bridgehead atoms. The molecule has 1 fully saturated rings. The number of halogens is 2. The molecule has 0 N–H and O–H groups in total. The Hall–Kier alpha value is -2.16. The van der Waals surface area contributed by atoms with E-state index in [2.05, 4.69) is 18.2 Å². The van der Waals surface area contributed by atoms with Crippen LogP contribution in [0.15, 0.2) is 78.9 Å². The third-order valence-corrected chi connectivity index (χ3v) is 6.80. The van der Waals surface area contributed by atoms with E-state index in [1.807, 2.05) is 60.7 Å². The zero-order chi connectivity index (χ0) is 18.6. The van der Waals surface area contributed by atoms with E-state index in [-0.39, 0.29) is 11.8 Å². The van der Waals surface area contributed by atoms with Gasteiger partial charge in [-0.1, -0.05) is 89.9 Å². The van der Waals surface area contributed by atoms with Crippen LogP contribution >= 0.6 is 23.2 Å². The maximum atomic E-state index is 6.95. The fraction of sp³-hybridized carbons (Fsp3) is 0.217. The first-order chi connectivity index (χ1) is 13.1. The van der Waals surface area contributed by atoms with Crippen LogP contribution in [0.3, 0.4) is 0 Å². The average molecular weight is 397 g/mol. The predicted octanol–water partition coefficient (Wildman–Crippen LogP) is 5.92. The lowest BCUT2D eigenvalue weighted by Gasteiger charge is -2.32. The molecule has 0 amide bonds. The van der Waals surface area contributed by atoms with Crippen LogP contribution < -0.4 is 9.47 Å². The molecule has 3 aromatic carbocycles. The molecule has 2 aliphatic rings. The molecule has 1 aliphatic carbocycles. The van der Waals surface area contributed by atoms with Gasteiger partial charge in [0.2, 0.25) is 0 Å². The molecule has 0 radical (unpaired) electrons. The lowest BCUT2D eigenvalue weighted by Crippen LogP contribution is -2.29. The van der Waals surface area contributed by atoms with E-state index in [1.54, 1.807) is 7.11 Å². The van der Waals surface area contributed by atoms with Crippen LogP contribution in [-0.4, -0.2) is 11.4 Å². The quantitative estimate of drug-likeness (QED) is 0.511. The Morgan fingerprint density at radius 1 is 0.852 bits per heavy atom. The molecule has 3 atom stereocenters. The Balaban J connectivity index is 1.76. The molecule has 4 heteroatoms. The van der Waals surface area contributed by atoms with Crippen molar-refractivity contribution >= 4 is 23.2 Å². The van der Waals surface area contributed by atoms with Crippen molar-refractivity contribution in [2.24, 2.45) is 5.92 Å². The number of para-hydroxylation sites is 2. The molecule has 136 valence electrons. The normalized spacial score (nSPS) is 27.1. The van der Waals surface area contributed by atoms with E-state index in [4.69, 9.17) is 32.7 Å². The van der Waals surface area contributed by atoms with Crippen molar-refractivity contribution < 1.29 is 9.47 Å². The molecule has 0 unspecified atom stereocenters. The second kappa shape index (κ2) is 5.92. The number of alkyl halides is 2. The van der Waals surface area contributed by atoms with E-state index >= 15 is 0 Å². The highest BCUT2D eigenvalue weighted by Crippen LogP contribution is 2.78. The number of hydrogen-bond donors (Lipinski definition) is 0. The maximum absolute atomic E-state index is 6.95. The Bertz CT molecular complexity index is 1000. The van der Waals surface area contributed by atoms with Gasteiger partial charge in [0, 0.05) is 17.0 Å². The molecule has 3 aromatic rings. The van der Waals surface area contributed by atoms with Crippen LogP contribution in [0.2, 0.25) is 0 Å². The minimum absolute atomic E-state index is 0.0380. The number of fused-ring (bicyclic) bond motifs is 2. The molecule has 0 aromatic heterocycles. The van der Waals surface area contributed by atoms with E-state index in [0.717, 1.165) is 22.6 Å². The lowest BCUT2D eigenvalue weighted by atomic mass is 9.82. The lowest BCUT2D eigenvalue weighted by molar-refractivity contribution is 0.134. The number of methoxy groups -OCH3 is 1. The molecule has 0 saturated heterocycles. The smallest absolute Gasteiger partial charge is 0.177 e. The standard InChI is InChI=1S/C23H18Cl2O2/c1-26-19-14-8-6-12-17(19)22-21(23(22,24)25)20(15-9-3-2-4-10-15)16-11-5-7-13-18(16)27-22/h2-14,20-21H,1H3/t20-,21-,22+/m1/s1. The first-order valence-electron chi connectivity index (χ1n) is 8.95. The van der Waals surface area contributed by atoms with Gasteiger partial charge in [0.25, 0.3) is 0 Å². The molecule has 27 heavy (non-hydrogen) atoms. The summed E-state index contributed by atoms with van der Waals surface area (Å²) in [5, 5.41) is 0.